The van der Waals surface area contributed by atoms with Crippen molar-refractivity contribution in [3.05, 3.63) is 54.1 Å². The van der Waals surface area contributed by atoms with Crippen molar-refractivity contribution < 1.29 is 14.3 Å². The molecule has 1 N–H and O–H groups in total. The highest BCUT2D eigenvalue weighted by Gasteiger charge is 2.42. The maximum Gasteiger partial charge on any atom is 0.235 e. The summed E-state index contributed by atoms with van der Waals surface area (Å²) < 4.78 is 11.1. The van der Waals surface area contributed by atoms with E-state index in [-0.39, 0.29) is 5.91 Å². The predicted molar refractivity (Wildman–Crippen MR) is 119 cm³/mol. The average Bonchev–Trinajstić information content (AvgIpc) is 3.48. The first-order valence-electron chi connectivity index (χ1n) is 11.1. The van der Waals surface area contributed by atoms with E-state index in [4.69, 9.17) is 9.47 Å². The third kappa shape index (κ3) is 4.62. The number of amides is 1. The van der Waals surface area contributed by atoms with Crippen LogP contribution in [0.4, 0.5) is 5.69 Å². The van der Waals surface area contributed by atoms with Crippen LogP contribution in [0.3, 0.4) is 0 Å². The number of carbonyl (C=O) groups excluding carboxylic acids is 1. The third-order valence-corrected chi connectivity index (χ3v) is 6.52. The van der Waals surface area contributed by atoms with Crippen LogP contribution in [0, 0.1) is 0 Å². The highest BCUT2D eigenvalue weighted by atomic mass is 16.5. The van der Waals surface area contributed by atoms with Crippen molar-refractivity contribution in [2.24, 2.45) is 0 Å². The molecule has 2 aromatic rings. The first-order chi connectivity index (χ1) is 14.7. The van der Waals surface area contributed by atoms with Crippen molar-refractivity contribution in [3.8, 4) is 11.5 Å². The smallest absolute Gasteiger partial charge is 0.235 e. The normalized spacial score (nSPS) is 18.3. The van der Waals surface area contributed by atoms with E-state index in [9.17, 15) is 4.79 Å². The minimum atomic E-state index is -0.461. The fourth-order valence-corrected chi connectivity index (χ4v) is 4.72. The van der Waals surface area contributed by atoms with Gasteiger partial charge >= 0.3 is 0 Å². The van der Waals surface area contributed by atoms with Gasteiger partial charge in [0, 0.05) is 12.2 Å². The highest BCUT2D eigenvalue weighted by Crippen LogP contribution is 2.42. The molecule has 5 heteroatoms. The van der Waals surface area contributed by atoms with Crippen LogP contribution in [0.5, 0.6) is 11.5 Å². The monoisotopic (exact) mass is 408 g/mol. The summed E-state index contributed by atoms with van der Waals surface area (Å²) in [6, 6.07) is 15.7. The Kier molecular flexibility index (Phi) is 6.58. The van der Waals surface area contributed by atoms with Gasteiger partial charge in [0.1, 0.15) is 18.1 Å². The molecule has 2 aromatic carbocycles. The molecule has 0 unspecified atom stereocenters. The minimum Gasteiger partial charge on any atom is -0.497 e. The molecule has 1 amide bonds. The molecule has 0 radical (unpaired) electrons. The Hall–Kier alpha value is -2.53. The van der Waals surface area contributed by atoms with Gasteiger partial charge < -0.3 is 14.8 Å². The molecule has 1 aliphatic heterocycles. The summed E-state index contributed by atoms with van der Waals surface area (Å²) in [6.45, 7) is 4.05. The van der Waals surface area contributed by atoms with Crippen LogP contribution in [0.15, 0.2) is 48.5 Å². The number of rotatable bonds is 8. The molecule has 0 atom stereocenters. The molecule has 1 aliphatic carbocycles. The molecule has 30 heavy (non-hydrogen) atoms. The molecular weight excluding hydrogens is 376 g/mol. The van der Waals surface area contributed by atoms with Gasteiger partial charge in [0.2, 0.25) is 5.91 Å². The number of methoxy groups -OCH3 is 1. The maximum atomic E-state index is 13.3. The molecular formula is C25H32N2O3. The lowest BCUT2D eigenvalue weighted by Gasteiger charge is -2.28. The van der Waals surface area contributed by atoms with E-state index in [2.05, 4.69) is 10.2 Å². The van der Waals surface area contributed by atoms with Gasteiger partial charge in [-0.25, -0.2) is 0 Å². The van der Waals surface area contributed by atoms with Crippen molar-refractivity contribution >= 4 is 11.6 Å². The molecule has 2 fully saturated rings. The number of ether oxygens (including phenoxy) is 2. The van der Waals surface area contributed by atoms with Crippen molar-refractivity contribution in [3.63, 3.8) is 0 Å². The zero-order valence-corrected chi connectivity index (χ0v) is 17.9. The fourth-order valence-electron chi connectivity index (χ4n) is 4.72. The van der Waals surface area contributed by atoms with Gasteiger partial charge in [0.05, 0.1) is 12.5 Å². The number of carbonyl (C=O) groups is 1. The van der Waals surface area contributed by atoms with Gasteiger partial charge in [-0.15, -0.1) is 0 Å². The van der Waals surface area contributed by atoms with Crippen LogP contribution in [0.2, 0.25) is 0 Å². The van der Waals surface area contributed by atoms with Gasteiger partial charge in [0.15, 0.2) is 0 Å². The summed E-state index contributed by atoms with van der Waals surface area (Å²) in [4.78, 5) is 15.8. The second-order valence-corrected chi connectivity index (χ2v) is 8.39. The number of hydrogen-bond donors (Lipinski definition) is 1. The molecule has 5 nitrogen and oxygen atoms in total. The van der Waals surface area contributed by atoms with Gasteiger partial charge in [0.25, 0.3) is 0 Å². The van der Waals surface area contributed by atoms with E-state index in [1.807, 2.05) is 48.5 Å². The number of benzene rings is 2. The second kappa shape index (κ2) is 9.52. The number of likely N-dealkylation sites (tertiary alicyclic amines) is 1. The largest absolute Gasteiger partial charge is 0.497 e. The van der Waals surface area contributed by atoms with Crippen LogP contribution >= 0.6 is 0 Å². The van der Waals surface area contributed by atoms with Crippen LogP contribution in [0.1, 0.15) is 44.1 Å². The maximum absolute atomic E-state index is 13.3. The van der Waals surface area contributed by atoms with Crippen molar-refractivity contribution in [2.75, 3.05) is 38.7 Å². The summed E-state index contributed by atoms with van der Waals surface area (Å²) in [5.74, 6) is 1.73. The molecule has 0 aromatic heterocycles. The zero-order chi connectivity index (χ0) is 20.8. The fraction of sp³-hybridized carbons (Fsp3) is 0.480. The average molecular weight is 409 g/mol. The summed E-state index contributed by atoms with van der Waals surface area (Å²) in [5.41, 5.74) is 1.42. The molecule has 2 aliphatic rings. The van der Waals surface area contributed by atoms with E-state index < -0.39 is 5.41 Å². The lowest BCUT2D eigenvalue weighted by atomic mass is 9.78. The van der Waals surface area contributed by atoms with Crippen LogP contribution < -0.4 is 14.8 Å². The first-order valence-corrected chi connectivity index (χ1v) is 11.1. The van der Waals surface area contributed by atoms with E-state index in [0.29, 0.717) is 6.61 Å². The van der Waals surface area contributed by atoms with Gasteiger partial charge in [-0.2, -0.15) is 0 Å². The topological polar surface area (TPSA) is 50.8 Å². The van der Waals surface area contributed by atoms with Crippen LogP contribution in [-0.2, 0) is 10.2 Å². The highest BCUT2D eigenvalue weighted by molar-refractivity contribution is 5.99. The van der Waals surface area contributed by atoms with Crippen molar-refractivity contribution in [1.82, 2.24) is 4.90 Å². The van der Waals surface area contributed by atoms with E-state index in [0.717, 1.165) is 55.0 Å². The van der Waals surface area contributed by atoms with E-state index in [1.165, 1.54) is 25.9 Å². The Bertz CT molecular complexity index is 820. The van der Waals surface area contributed by atoms with Gasteiger partial charge in [-0.05, 0) is 80.7 Å². The Morgan fingerprint density at radius 2 is 1.57 bits per heavy atom. The lowest BCUT2D eigenvalue weighted by molar-refractivity contribution is -0.121. The quantitative estimate of drug-likeness (QED) is 0.692. The van der Waals surface area contributed by atoms with Gasteiger partial charge in [-0.1, -0.05) is 25.0 Å². The Morgan fingerprint density at radius 1 is 0.933 bits per heavy atom. The number of nitrogens with zero attached hydrogens (tertiary/aromatic N) is 1. The molecule has 1 saturated carbocycles. The number of anilines is 1. The summed E-state index contributed by atoms with van der Waals surface area (Å²) >= 11 is 0. The summed E-state index contributed by atoms with van der Waals surface area (Å²) in [5, 5.41) is 3.15. The first kappa shape index (κ1) is 20.7. The summed E-state index contributed by atoms with van der Waals surface area (Å²) in [7, 11) is 1.66. The molecule has 0 spiro atoms. The number of nitrogens with one attached hydrogen (secondary N) is 1. The second-order valence-electron chi connectivity index (χ2n) is 8.39. The number of hydrogen-bond acceptors (Lipinski definition) is 4. The standard InChI is InChI=1S/C25H32N2O3/c1-29-22-10-6-20(7-11-22)25(14-2-3-15-25)24(28)26-21-8-12-23(13-9-21)30-19-18-27-16-4-5-17-27/h6-13H,2-5,14-19H2,1H3,(H,26,28). The molecule has 0 bridgehead atoms. The van der Waals surface area contributed by atoms with Crippen LogP contribution in [-0.4, -0.2) is 44.2 Å². The molecule has 1 heterocycles. The van der Waals surface area contributed by atoms with E-state index in [1.54, 1.807) is 7.11 Å². The Morgan fingerprint density at radius 3 is 2.20 bits per heavy atom. The Labute approximate surface area is 179 Å². The lowest BCUT2D eigenvalue weighted by Crippen LogP contribution is -2.37. The minimum absolute atomic E-state index is 0.0767. The molecule has 160 valence electrons. The van der Waals surface area contributed by atoms with Crippen LogP contribution in [0.25, 0.3) is 0 Å². The summed E-state index contributed by atoms with van der Waals surface area (Å²) in [6.07, 6.45) is 6.50. The Balaban J connectivity index is 1.37. The molecule has 4 rings (SSSR count). The molecule has 1 saturated heterocycles. The van der Waals surface area contributed by atoms with Crippen molar-refractivity contribution in [2.45, 2.75) is 43.9 Å². The van der Waals surface area contributed by atoms with Crippen molar-refractivity contribution in [1.29, 1.82) is 0 Å². The zero-order valence-electron chi connectivity index (χ0n) is 17.9. The SMILES string of the molecule is COc1ccc(C2(C(=O)Nc3ccc(OCCN4CCCC4)cc3)CCCC2)cc1. The predicted octanol–water partition coefficient (Wildman–Crippen LogP) is 4.62. The van der Waals surface area contributed by atoms with Gasteiger partial charge in [-0.3, -0.25) is 9.69 Å². The third-order valence-electron chi connectivity index (χ3n) is 6.52. The van der Waals surface area contributed by atoms with E-state index >= 15 is 0 Å².